The van der Waals surface area contributed by atoms with Gasteiger partial charge in [0.05, 0.1) is 13.0 Å². The first-order valence-corrected chi connectivity index (χ1v) is 6.88. The molecule has 0 fully saturated rings. The SMILES string of the molecule is COc1ccccc1C1=NOC(Oc2ccccc2)C1C. The molecule has 2 aromatic rings. The Morgan fingerprint density at radius 1 is 1.00 bits per heavy atom. The lowest BCUT2D eigenvalue weighted by Gasteiger charge is -2.17. The van der Waals surface area contributed by atoms with Crippen LogP contribution in [0.2, 0.25) is 0 Å². The Labute approximate surface area is 123 Å². The van der Waals surface area contributed by atoms with Crippen LogP contribution in [0.1, 0.15) is 12.5 Å². The number of benzene rings is 2. The number of hydrogen-bond donors (Lipinski definition) is 0. The standard InChI is InChI=1S/C17H17NO3/c1-12-16(14-10-6-7-11-15(14)19-2)18-21-17(12)20-13-8-4-3-5-9-13/h3-12,17H,1-2H3. The predicted molar refractivity (Wildman–Crippen MR) is 80.6 cm³/mol. The monoisotopic (exact) mass is 283 g/mol. The molecule has 1 aliphatic heterocycles. The van der Waals surface area contributed by atoms with Gasteiger partial charge in [-0.05, 0) is 31.2 Å². The maximum atomic E-state index is 5.84. The van der Waals surface area contributed by atoms with Crippen LogP contribution in [0.3, 0.4) is 0 Å². The van der Waals surface area contributed by atoms with E-state index in [1.165, 1.54) is 0 Å². The van der Waals surface area contributed by atoms with Gasteiger partial charge in [0.25, 0.3) is 6.29 Å². The van der Waals surface area contributed by atoms with Crippen molar-refractivity contribution in [3.8, 4) is 11.5 Å². The first-order chi connectivity index (χ1) is 10.3. The summed E-state index contributed by atoms with van der Waals surface area (Å²) in [4.78, 5) is 5.45. The largest absolute Gasteiger partial charge is 0.496 e. The third-order valence-corrected chi connectivity index (χ3v) is 3.47. The topological polar surface area (TPSA) is 40.0 Å². The van der Waals surface area contributed by atoms with Gasteiger partial charge in [-0.1, -0.05) is 35.5 Å². The average Bonchev–Trinajstić information content (AvgIpc) is 2.89. The smallest absolute Gasteiger partial charge is 0.273 e. The summed E-state index contributed by atoms with van der Waals surface area (Å²) in [5.41, 5.74) is 1.78. The fourth-order valence-corrected chi connectivity index (χ4v) is 2.32. The Bertz CT molecular complexity index is 639. The molecule has 2 unspecified atom stereocenters. The molecule has 0 amide bonds. The Kier molecular flexibility index (Phi) is 3.77. The van der Waals surface area contributed by atoms with Crippen molar-refractivity contribution in [3.05, 3.63) is 60.2 Å². The highest BCUT2D eigenvalue weighted by Gasteiger charge is 2.34. The fourth-order valence-electron chi connectivity index (χ4n) is 2.32. The van der Waals surface area contributed by atoms with Crippen molar-refractivity contribution in [2.75, 3.05) is 7.11 Å². The Morgan fingerprint density at radius 3 is 2.48 bits per heavy atom. The molecule has 0 saturated heterocycles. The minimum absolute atomic E-state index is 0.0153. The van der Waals surface area contributed by atoms with Crippen molar-refractivity contribution in [2.24, 2.45) is 11.1 Å². The summed E-state index contributed by atoms with van der Waals surface area (Å²) < 4.78 is 11.2. The van der Waals surface area contributed by atoms with Gasteiger partial charge in [-0.15, -0.1) is 0 Å². The summed E-state index contributed by atoms with van der Waals surface area (Å²) >= 11 is 0. The van der Waals surface area contributed by atoms with Gasteiger partial charge in [0, 0.05) is 5.56 Å². The third kappa shape index (κ3) is 2.70. The van der Waals surface area contributed by atoms with Crippen LogP contribution in [0.5, 0.6) is 11.5 Å². The van der Waals surface area contributed by atoms with Gasteiger partial charge in [0.1, 0.15) is 17.2 Å². The summed E-state index contributed by atoms with van der Waals surface area (Å²) in [6.45, 7) is 2.03. The predicted octanol–water partition coefficient (Wildman–Crippen LogP) is 3.47. The van der Waals surface area contributed by atoms with Crippen molar-refractivity contribution >= 4 is 5.71 Å². The highest BCUT2D eigenvalue weighted by molar-refractivity contribution is 6.04. The number of para-hydroxylation sites is 2. The molecule has 0 bridgehead atoms. The summed E-state index contributed by atoms with van der Waals surface area (Å²) in [5, 5.41) is 4.18. The van der Waals surface area contributed by atoms with E-state index in [4.69, 9.17) is 14.3 Å². The van der Waals surface area contributed by atoms with E-state index in [9.17, 15) is 0 Å². The van der Waals surface area contributed by atoms with Gasteiger partial charge >= 0.3 is 0 Å². The van der Waals surface area contributed by atoms with E-state index in [1.807, 2.05) is 61.5 Å². The van der Waals surface area contributed by atoms with Crippen LogP contribution in [-0.2, 0) is 4.84 Å². The molecule has 2 aromatic carbocycles. The quantitative estimate of drug-likeness (QED) is 0.862. The molecule has 0 aliphatic carbocycles. The molecule has 2 atom stereocenters. The highest BCUT2D eigenvalue weighted by atomic mass is 16.8. The van der Waals surface area contributed by atoms with E-state index in [2.05, 4.69) is 5.16 Å². The maximum Gasteiger partial charge on any atom is 0.273 e. The second kappa shape index (κ2) is 5.87. The van der Waals surface area contributed by atoms with Crippen molar-refractivity contribution in [2.45, 2.75) is 13.2 Å². The number of rotatable bonds is 4. The van der Waals surface area contributed by atoms with E-state index in [-0.39, 0.29) is 5.92 Å². The number of ether oxygens (including phenoxy) is 2. The lowest BCUT2D eigenvalue weighted by Crippen LogP contribution is -2.26. The first-order valence-electron chi connectivity index (χ1n) is 6.88. The summed E-state index contributed by atoms with van der Waals surface area (Å²) in [5.74, 6) is 1.57. The van der Waals surface area contributed by atoms with E-state index in [0.717, 1.165) is 22.8 Å². The van der Waals surface area contributed by atoms with Crippen LogP contribution in [0.4, 0.5) is 0 Å². The van der Waals surface area contributed by atoms with Crippen molar-refractivity contribution in [1.82, 2.24) is 0 Å². The number of nitrogens with zero attached hydrogens (tertiary/aromatic N) is 1. The Morgan fingerprint density at radius 2 is 1.71 bits per heavy atom. The third-order valence-electron chi connectivity index (χ3n) is 3.47. The van der Waals surface area contributed by atoms with Crippen LogP contribution in [-0.4, -0.2) is 19.1 Å². The van der Waals surface area contributed by atoms with Gasteiger partial charge in [-0.2, -0.15) is 0 Å². The molecule has 108 valence electrons. The molecule has 1 heterocycles. The van der Waals surface area contributed by atoms with Crippen LogP contribution >= 0.6 is 0 Å². The van der Waals surface area contributed by atoms with Crippen molar-refractivity contribution in [1.29, 1.82) is 0 Å². The van der Waals surface area contributed by atoms with Crippen LogP contribution in [0.15, 0.2) is 59.8 Å². The normalized spacial score (nSPS) is 20.6. The number of oxime groups is 1. The van der Waals surface area contributed by atoms with E-state index < -0.39 is 6.29 Å². The summed E-state index contributed by atoms with van der Waals surface area (Å²) in [6, 6.07) is 17.4. The molecule has 0 N–H and O–H groups in total. The van der Waals surface area contributed by atoms with Gasteiger partial charge < -0.3 is 14.3 Å². The second-order valence-electron chi connectivity index (χ2n) is 4.87. The van der Waals surface area contributed by atoms with E-state index >= 15 is 0 Å². The Hall–Kier alpha value is -2.49. The van der Waals surface area contributed by atoms with Crippen LogP contribution < -0.4 is 9.47 Å². The molecule has 1 aliphatic rings. The summed E-state index contributed by atoms with van der Waals surface area (Å²) in [6.07, 6.45) is -0.424. The second-order valence-corrected chi connectivity index (χ2v) is 4.87. The minimum Gasteiger partial charge on any atom is -0.496 e. The summed E-state index contributed by atoms with van der Waals surface area (Å²) in [7, 11) is 1.65. The molecule has 0 aromatic heterocycles. The maximum absolute atomic E-state index is 5.84. The molecule has 3 rings (SSSR count). The minimum atomic E-state index is -0.424. The number of methoxy groups -OCH3 is 1. The molecular weight excluding hydrogens is 266 g/mol. The lowest BCUT2D eigenvalue weighted by molar-refractivity contribution is -0.0767. The molecular formula is C17H17NO3. The van der Waals surface area contributed by atoms with Gasteiger partial charge in [0.2, 0.25) is 0 Å². The van der Waals surface area contributed by atoms with Crippen molar-refractivity contribution < 1.29 is 14.3 Å². The van der Waals surface area contributed by atoms with Crippen LogP contribution in [0, 0.1) is 5.92 Å². The van der Waals surface area contributed by atoms with Gasteiger partial charge in [0.15, 0.2) is 0 Å². The molecule has 21 heavy (non-hydrogen) atoms. The molecule has 4 nitrogen and oxygen atoms in total. The van der Waals surface area contributed by atoms with Crippen LogP contribution in [0.25, 0.3) is 0 Å². The zero-order valence-electron chi connectivity index (χ0n) is 12.0. The fraction of sp³-hybridized carbons (Fsp3) is 0.235. The number of hydrogen-bond acceptors (Lipinski definition) is 4. The molecule has 4 heteroatoms. The van der Waals surface area contributed by atoms with Gasteiger partial charge in [-0.3, -0.25) is 0 Å². The average molecular weight is 283 g/mol. The Balaban J connectivity index is 1.78. The van der Waals surface area contributed by atoms with E-state index in [0.29, 0.717) is 0 Å². The zero-order chi connectivity index (χ0) is 14.7. The molecule has 0 saturated carbocycles. The zero-order valence-corrected chi connectivity index (χ0v) is 12.0. The first kappa shape index (κ1) is 13.5. The highest BCUT2D eigenvalue weighted by Crippen LogP contribution is 2.29. The lowest BCUT2D eigenvalue weighted by atomic mass is 9.98. The van der Waals surface area contributed by atoms with Crippen molar-refractivity contribution in [3.63, 3.8) is 0 Å². The van der Waals surface area contributed by atoms with Gasteiger partial charge in [-0.25, -0.2) is 0 Å². The molecule has 0 spiro atoms. The molecule has 0 radical (unpaired) electrons. The van der Waals surface area contributed by atoms with E-state index in [1.54, 1.807) is 7.11 Å².